The summed E-state index contributed by atoms with van der Waals surface area (Å²) in [5.74, 6) is 0.872. The predicted octanol–water partition coefficient (Wildman–Crippen LogP) is 5.57. The molecule has 4 aromatic rings. The van der Waals surface area contributed by atoms with Gasteiger partial charge in [-0.1, -0.05) is 6.07 Å². The zero-order chi connectivity index (χ0) is 30.6. The van der Waals surface area contributed by atoms with Crippen LogP contribution in [0.25, 0.3) is 10.9 Å². The SMILES string of the molecule is COc1cc2ncnc(Oc3cccc(NC(=O)Nc4cc(C(=O)N5CCOCC5)cc(C(F)(F)F)c4)c3)c2cc1OC. The van der Waals surface area contributed by atoms with Gasteiger partial charge in [0.25, 0.3) is 5.91 Å². The number of nitrogens with one attached hydrogen (secondary N) is 2. The Morgan fingerprint density at radius 3 is 2.35 bits per heavy atom. The lowest BCUT2D eigenvalue weighted by molar-refractivity contribution is -0.137. The fourth-order valence-corrected chi connectivity index (χ4v) is 4.42. The van der Waals surface area contributed by atoms with Gasteiger partial charge in [-0.15, -0.1) is 0 Å². The molecule has 5 rings (SSSR count). The Hall–Kier alpha value is -5.11. The highest BCUT2D eigenvalue weighted by atomic mass is 19.4. The molecule has 0 spiro atoms. The molecule has 0 radical (unpaired) electrons. The summed E-state index contributed by atoms with van der Waals surface area (Å²) in [6.45, 7) is 1.08. The number of urea groups is 1. The van der Waals surface area contributed by atoms with Gasteiger partial charge in [0.2, 0.25) is 5.88 Å². The average Bonchev–Trinajstić information content (AvgIpc) is 3.00. The van der Waals surface area contributed by atoms with Crippen LogP contribution in [0, 0.1) is 0 Å². The van der Waals surface area contributed by atoms with Crippen molar-refractivity contribution in [3.8, 4) is 23.1 Å². The number of morpholine rings is 1. The number of rotatable bonds is 7. The second-order valence-corrected chi connectivity index (χ2v) is 9.31. The molecule has 2 heterocycles. The van der Waals surface area contributed by atoms with E-state index in [0.717, 1.165) is 12.1 Å². The van der Waals surface area contributed by atoms with E-state index < -0.39 is 23.7 Å². The van der Waals surface area contributed by atoms with Crippen LogP contribution in [0.4, 0.5) is 29.3 Å². The van der Waals surface area contributed by atoms with Crippen molar-refractivity contribution in [3.05, 3.63) is 72.1 Å². The quantitative estimate of drug-likeness (QED) is 0.283. The van der Waals surface area contributed by atoms with Crippen LogP contribution in [0.15, 0.2) is 60.9 Å². The lowest BCUT2D eigenvalue weighted by atomic mass is 10.1. The van der Waals surface area contributed by atoms with E-state index in [-0.39, 0.29) is 49.1 Å². The predicted molar refractivity (Wildman–Crippen MR) is 150 cm³/mol. The zero-order valence-electron chi connectivity index (χ0n) is 23.0. The monoisotopic (exact) mass is 597 g/mol. The van der Waals surface area contributed by atoms with E-state index >= 15 is 0 Å². The molecular weight excluding hydrogens is 571 g/mol. The van der Waals surface area contributed by atoms with Gasteiger partial charge in [0.1, 0.15) is 12.1 Å². The molecule has 1 saturated heterocycles. The maximum Gasteiger partial charge on any atom is 0.416 e. The number of amides is 3. The van der Waals surface area contributed by atoms with E-state index in [4.69, 9.17) is 18.9 Å². The topological polar surface area (TPSA) is 124 Å². The van der Waals surface area contributed by atoms with Crippen LogP contribution in [-0.2, 0) is 10.9 Å². The Morgan fingerprint density at radius 2 is 1.63 bits per heavy atom. The summed E-state index contributed by atoms with van der Waals surface area (Å²) >= 11 is 0. The highest BCUT2D eigenvalue weighted by molar-refractivity contribution is 6.01. The van der Waals surface area contributed by atoms with Crippen molar-refractivity contribution in [3.63, 3.8) is 0 Å². The molecule has 14 heteroatoms. The second kappa shape index (κ2) is 12.4. The Bertz CT molecular complexity index is 1660. The van der Waals surface area contributed by atoms with E-state index in [1.165, 1.54) is 37.6 Å². The van der Waals surface area contributed by atoms with E-state index in [9.17, 15) is 22.8 Å². The number of halogens is 3. The number of alkyl halides is 3. The zero-order valence-corrected chi connectivity index (χ0v) is 23.0. The van der Waals surface area contributed by atoms with Gasteiger partial charge >= 0.3 is 12.2 Å². The maximum absolute atomic E-state index is 13.6. The molecule has 1 aliphatic rings. The number of anilines is 2. The molecule has 1 aliphatic heterocycles. The number of carbonyl (C=O) groups excluding carboxylic acids is 2. The van der Waals surface area contributed by atoms with Crippen LogP contribution in [0.1, 0.15) is 15.9 Å². The minimum atomic E-state index is -4.74. The molecular formula is C29H26F3N5O6. The number of hydrogen-bond donors (Lipinski definition) is 2. The standard InChI is InChI=1S/C29H26F3N5O6/c1-40-24-14-22-23(15-25(24)41-2)33-16-34-26(22)43-21-5-3-4-19(13-21)35-28(39)36-20-11-17(10-18(12-20)29(30,31)32)27(38)37-6-8-42-9-7-37/h3-5,10-16H,6-9H2,1-2H3,(H2,35,36,39). The molecule has 1 fully saturated rings. The molecule has 1 aromatic heterocycles. The molecule has 43 heavy (non-hydrogen) atoms. The summed E-state index contributed by atoms with van der Waals surface area (Å²) in [5, 5.41) is 5.49. The molecule has 3 aromatic carbocycles. The molecule has 0 saturated carbocycles. The van der Waals surface area contributed by atoms with Gasteiger partial charge in [-0.05, 0) is 36.4 Å². The van der Waals surface area contributed by atoms with E-state index in [0.29, 0.717) is 28.2 Å². The second-order valence-electron chi connectivity index (χ2n) is 9.31. The van der Waals surface area contributed by atoms with Crippen molar-refractivity contribution in [2.75, 3.05) is 51.2 Å². The summed E-state index contributed by atoms with van der Waals surface area (Å²) in [5.41, 5.74) is -0.640. The van der Waals surface area contributed by atoms with E-state index in [1.807, 2.05) is 0 Å². The summed E-state index contributed by atoms with van der Waals surface area (Å²) in [7, 11) is 3.00. The summed E-state index contributed by atoms with van der Waals surface area (Å²) in [6, 6.07) is 11.6. The number of fused-ring (bicyclic) bond motifs is 1. The van der Waals surface area contributed by atoms with Gasteiger partial charge in [0, 0.05) is 42.2 Å². The molecule has 11 nitrogen and oxygen atoms in total. The minimum Gasteiger partial charge on any atom is -0.493 e. The summed E-state index contributed by atoms with van der Waals surface area (Å²) in [4.78, 5) is 35.5. The van der Waals surface area contributed by atoms with Gasteiger partial charge in [0.05, 0.1) is 43.9 Å². The van der Waals surface area contributed by atoms with Crippen molar-refractivity contribution >= 4 is 34.2 Å². The Balaban J connectivity index is 1.33. The van der Waals surface area contributed by atoms with E-state index in [1.54, 1.807) is 30.3 Å². The smallest absolute Gasteiger partial charge is 0.416 e. The Morgan fingerprint density at radius 1 is 0.907 bits per heavy atom. The Kier molecular flexibility index (Phi) is 8.48. The van der Waals surface area contributed by atoms with Crippen molar-refractivity contribution in [2.24, 2.45) is 0 Å². The third-order valence-corrected chi connectivity index (χ3v) is 6.47. The first-order valence-corrected chi connectivity index (χ1v) is 13.0. The molecule has 3 amide bonds. The largest absolute Gasteiger partial charge is 0.493 e. The van der Waals surface area contributed by atoms with Crippen molar-refractivity contribution < 1.29 is 41.7 Å². The first-order valence-electron chi connectivity index (χ1n) is 13.0. The molecule has 224 valence electrons. The van der Waals surface area contributed by atoms with Crippen LogP contribution < -0.4 is 24.8 Å². The van der Waals surface area contributed by atoms with Gasteiger partial charge in [-0.3, -0.25) is 4.79 Å². The van der Waals surface area contributed by atoms with Crippen LogP contribution in [-0.4, -0.2) is 67.3 Å². The van der Waals surface area contributed by atoms with Gasteiger partial charge < -0.3 is 34.5 Å². The number of benzene rings is 3. The summed E-state index contributed by atoms with van der Waals surface area (Å²) in [6.07, 6.45) is -3.41. The minimum absolute atomic E-state index is 0.200. The lowest BCUT2D eigenvalue weighted by Crippen LogP contribution is -2.40. The number of ether oxygens (including phenoxy) is 4. The Labute approximate surface area is 243 Å². The third-order valence-electron chi connectivity index (χ3n) is 6.47. The summed E-state index contributed by atoms with van der Waals surface area (Å²) < 4.78 is 62.7. The molecule has 0 atom stereocenters. The van der Waals surface area contributed by atoms with Gasteiger partial charge in [0.15, 0.2) is 11.5 Å². The first-order chi connectivity index (χ1) is 20.6. The number of methoxy groups -OCH3 is 2. The third kappa shape index (κ3) is 6.86. The van der Waals surface area contributed by atoms with Crippen LogP contribution in [0.3, 0.4) is 0 Å². The molecule has 0 unspecified atom stereocenters. The highest BCUT2D eigenvalue weighted by Gasteiger charge is 2.33. The van der Waals surface area contributed by atoms with Crippen molar-refractivity contribution in [1.29, 1.82) is 0 Å². The van der Waals surface area contributed by atoms with E-state index in [2.05, 4.69) is 20.6 Å². The normalized spacial score (nSPS) is 13.4. The maximum atomic E-state index is 13.6. The average molecular weight is 598 g/mol. The molecule has 0 bridgehead atoms. The highest BCUT2D eigenvalue weighted by Crippen LogP contribution is 2.36. The van der Waals surface area contributed by atoms with Gasteiger partial charge in [-0.25, -0.2) is 14.8 Å². The van der Waals surface area contributed by atoms with Gasteiger partial charge in [-0.2, -0.15) is 13.2 Å². The fourth-order valence-electron chi connectivity index (χ4n) is 4.42. The number of aromatic nitrogens is 2. The number of carbonyl (C=O) groups is 2. The van der Waals surface area contributed by atoms with Crippen LogP contribution in [0.5, 0.6) is 23.1 Å². The molecule has 2 N–H and O–H groups in total. The van der Waals surface area contributed by atoms with Crippen molar-refractivity contribution in [2.45, 2.75) is 6.18 Å². The number of nitrogens with zero attached hydrogens (tertiary/aromatic N) is 3. The van der Waals surface area contributed by atoms with Crippen LogP contribution >= 0.6 is 0 Å². The van der Waals surface area contributed by atoms with Crippen molar-refractivity contribution in [1.82, 2.24) is 14.9 Å². The number of hydrogen-bond acceptors (Lipinski definition) is 8. The lowest BCUT2D eigenvalue weighted by Gasteiger charge is -2.27. The molecule has 0 aliphatic carbocycles. The van der Waals surface area contributed by atoms with Crippen LogP contribution in [0.2, 0.25) is 0 Å². The first kappa shape index (κ1) is 29.4. The fraction of sp³-hybridized carbons (Fsp3) is 0.241.